The molecular weight excluding hydrogens is 398 g/mol. The Morgan fingerprint density at radius 2 is 2.03 bits per heavy atom. The maximum absolute atomic E-state index is 12.5. The highest BCUT2D eigenvalue weighted by Crippen LogP contribution is 2.22. The van der Waals surface area contributed by atoms with Crippen molar-refractivity contribution in [3.8, 4) is 6.07 Å². The van der Waals surface area contributed by atoms with Crippen molar-refractivity contribution in [2.24, 2.45) is 0 Å². The molecule has 0 aliphatic heterocycles. The number of carbonyl (C=O) groups is 1. The van der Waals surface area contributed by atoms with Crippen LogP contribution in [0.4, 0.5) is 0 Å². The zero-order valence-electron chi connectivity index (χ0n) is 16.7. The van der Waals surface area contributed by atoms with Gasteiger partial charge in [-0.25, -0.2) is 9.78 Å². The SMILES string of the molecule is Cc1ccc2oc(C(=O)O[C@@H](C)/C(O)=C(\C#N)c3nc4ccccc4[nH]3)cc(=O)c2c1. The number of esters is 1. The first kappa shape index (κ1) is 19.9. The van der Waals surface area contributed by atoms with Crippen LogP contribution in [0.3, 0.4) is 0 Å². The van der Waals surface area contributed by atoms with E-state index >= 15 is 0 Å². The zero-order chi connectivity index (χ0) is 22.1. The van der Waals surface area contributed by atoms with E-state index in [9.17, 15) is 20.0 Å². The molecule has 0 spiro atoms. The van der Waals surface area contributed by atoms with Gasteiger partial charge in [-0.3, -0.25) is 4.79 Å². The number of nitrogens with one attached hydrogen (secondary N) is 1. The summed E-state index contributed by atoms with van der Waals surface area (Å²) < 4.78 is 10.7. The molecule has 0 saturated carbocycles. The minimum atomic E-state index is -1.19. The Kier molecular flexibility index (Phi) is 5.01. The second kappa shape index (κ2) is 7.80. The van der Waals surface area contributed by atoms with Gasteiger partial charge in [0, 0.05) is 6.07 Å². The summed E-state index contributed by atoms with van der Waals surface area (Å²) in [5.74, 6) is -1.57. The Hall–Kier alpha value is -4.38. The largest absolute Gasteiger partial charge is 0.507 e. The lowest BCUT2D eigenvalue weighted by Gasteiger charge is -2.13. The van der Waals surface area contributed by atoms with Crippen LogP contribution in [0.5, 0.6) is 0 Å². The molecule has 0 bridgehead atoms. The van der Waals surface area contributed by atoms with Crippen molar-refractivity contribution in [1.29, 1.82) is 5.26 Å². The molecule has 31 heavy (non-hydrogen) atoms. The van der Waals surface area contributed by atoms with Gasteiger partial charge in [-0.2, -0.15) is 5.26 Å². The van der Waals surface area contributed by atoms with Crippen LogP contribution in [0.1, 0.15) is 28.9 Å². The van der Waals surface area contributed by atoms with Crippen LogP contribution < -0.4 is 5.43 Å². The predicted molar refractivity (Wildman–Crippen MR) is 113 cm³/mol. The molecule has 0 unspecified atom stereocenters. The van der Waals surface area contributed by atoms with Gasteiger partial charge >= 0.3 is 5.97 Å². The Bertz CT molecular complexity index is 1420. The van der Waals surface area contributed by atoms with E-state index in [1.165, 1.54) is 6.92 Å². The number of nitriles is 1. The van der Waals surface area contributed by atoms with Gasteiger partial charge in [-0.15, -0.1) is 0 Å². The topological polar surface area (TPSA) is 129 Å². The number of para-hydroxylation sites is 2. The van der Waals surface area contributed by atoms with E-state index in [-0.39, 0.29) is 28.2 Å². The fraction of sp³-hybridized carbons (Fsp3) is 0.130. The second-order valence-electron chi connectivity index (χ2n) is 7.00. The number of fused-ring (bicyclic) bond motifs is 2. The molecule has 8 nitrogen and oxygen atoms in total. The lowest BCUT2D eigenvalue weighted by molar-refractivity contribution is 0.0299. The zero-order valence-corrected chi connectivity index (χ0v) is 16.7. The standard InChI is InChI=1S/C23H17N3O5/c1-12-7-8-19-14(9-12)18(27)10-20(31-19)23(29)30-13(2)21(28)15(11-24)22-25-16-5-3-4-6-17(16)26-22/h3-10,13,28H,1-2H3,(H,25,26)/b21-15-/t13-/m0/s1. The Labute approximate surface area is 176 Å². The van der Waals surface area contributed by atoms with Crippen LogP contribution >= 0.6 is 0 Å². The number of aliphatic hydroxyl groups excluding tert-OH is 1. The van der Waals surface area contributed by atoms with Gasteiger partial charge in [0.2, 0.25) is 5.76 Å². The molecule has 4 aromatic rings. The number of aromatic amines is 1. The predicted octanol–water partition coefficient (Wildman–Crippen LogP) is 4.02. The first-order valence-corrected chi connectivity index (χ1v) is 9.41. The Balaban J connectivity index is 1.63. The third-order valence-electron chi connectivity index (χ3n) is 4.75. The molecule has 2 aromatic carbocycles. The van der Waals surface area contributed by atoms with E-state index < -0.39 is 17.8 Å². The lowest BCUT2D eigenvalue weighted by atomic mass is 10.1. The summed E-state index contributed by atoms with van der Waals surface area (Å²) in [6.07, 6.45) is -1.19. The van der Waals surface area contributed by atoms with Crippen LogP contribution in [0.25, 0.3) is 27.6 Å². The average molecular weight is 415 g/mol. The van der Waals surface area contributed by atoms with Gasteiger partial charge in [0.25, 0.3) is 0 Å². The van der Waals surface area contributed by atoms with E-state index in [0.29, 0.717) is 16.4 Å². The highest BCUT2D eigenvalue weighted by Gasteiger charge is 2.23. The van der Waals surface area contributed by atoms with Crippen molar-refractivity contribution < 1.29 is 19.1 Å². The molecule has 2 aromatic heterocycles. The molecule has 2 heterocycles. The summed E-state index contributed by atoms with van der Waals surface area (Å²) in [6, 6.07) is 15.1. The first-order chi connectivity index (χ1) is 14.9. The number of H-pyrrole nitrogens is 1. The van der Waals surface area contributed by atoms with Gasteiger partial charge in [0.05, 0.1) is 16.4 Å². The maximum atomic E-state index is 12.5. The fourth-order valence-corrected chi connectivity index (χ4v) is 3.15. The number of aliphatic hydroxyl groups is 1. The molecule has 0 radical (unpaired) electrons. The van der Waals surface area contributed by atoms with Gasteiger partial charge in [-0.1, -0.05) is 23.8 Å². The number of aryl methyl sites for hydroxylation is 1. The fourth-order valence-electron chi connectivity index (χ4n) is 3.15. The average Bonchev–Trinajstić information content (AvgIpc) is 3.18. The molecule has 0 saturated heterocycles. The minimum Gasteiger partial charge on any atom is -0.507 e. The van der Waals surface area contributed by atoms with E-state index in [1.54, 1.807) is 36.4 Å². The van der Waals surface area contributed by atoms with Crippen LogP contribution in [0.2, 0.25) is 0 Å². The van der Waals surface area contributed by atoms with E-state index in [4.69, 9.17) is 9.15 Å². The molecule has 1 atom stereocenters. The normalized spacial score (nSPS) is 12.9. The number of carbonyl (C=O) groups excluding carboxylic acids is 1. The highest BCUT2D eigenvalue weighted by molar-refractivity contribution is 5.89. The summed E-state index contributed by atoms with van der Waals surface area (Å²) in [7, 11) is 0. The van der Waals surface area contributed by atoms with Gasteiger partial charge < -0.3 is 19.2 Å². The second-order valence-corrected chi connectivity index (χ2v) is 7.00. The minimum absolute atomic E-state index is 0.150. The number of allylic oxidation sites excluding steroid dienone is 1. The third kappa shape index (κ3) is 3.76. The number of hydrogen-bond acceptors (Lipinski definition) is 7. The molecule has 154 valence electrons. The maximum Gasteiger partial charge on any atom is 0.375 e. The highest BCUT2D eigenvalue weighted by atomic mass is 16.6. The molecule has 0 aliphatic carbocycles. The van der Waals surface area contributed by atoms with Gasteiger partial charge in [0.15, 0.2) is 23.1 Å². The summed E-state index contributed by atoms with van der Waals surface area (Å²) >= 11 is 0. The Morgan fingerprint density at radius 1 is 1.26 bits per heavy atom. The van der Waals surface area contributed by atoms with Crippen molar-refractivity contribution >= 4 is 33.5 Å². The van der Waals surface area contributed by atoms with Crippen molar-refractivity contribution in [3.05, 3.63) is 81.7 Å². The molecule has 0 aliphatic rings. The molecular formula is C23H17N3O5. The first-order valence-electron chi connectivity index (χ1n) is 9.41. The van der Waals surface area contributed by atoms with Crippen molar-refractivity contribution in [2.75, 3.05) is 0 Å². The number of nitrogens with zero attached hydrogens (tertiary/aromatic N) is 2. The number of benzene rings is 2. The van der Waals surface area contributed by atoms with Crippen molar-refractivity contribution in [2.45, 2.75) is 20.0 Å². The van der Waals surface area contributed by atoms with E-state index in [0.717, 1.165) is 11.6 Å². The van der Waals surface area contributed by atoms with E-state index in [2.05, 4.69) is 9.97 Å². The molecule has 0 amide bonds. The third-order valence-corrected chi connectivity index (χ3v) is 4.75. The smallest absolute Gasteiger partial charge is 0.375 e. The summed E-state index contributed by atoms with van der Waals surface area (Å²) in [5, 5.41) is 20.4. The van der Waals surface area contributed by atoms with Crippen molar-refractivity contribution in [1.82, 2.24) is 9.97 Å². The molecule has 2 N–H and O–H groups in total. The monoisotopic (exact) mass is 415 g/mol. The summed E-state index contributed by atoms with van der Waals surface area (Å²) in [5.41, 5.74) is 1.90. The lowest BCUT2D eigenvalue weighted by Crippen LogP contribution is -2.19. The quantitative estimate of drug-likeness (QED) is 0.292. The summed E-state index contributed by atoms with van der Waals surface area (Å²) in [6.45, 7) is 3.24. The van der Waals surface area contributed by atoms with Crippen LogP contribution in [-0.4, -0.2) is 27.1 Å². The van der Waals surface area contributed by atoms with Gasteiger partial charge in [0.1, 0.15) is 17.2 Å². The number of ether oxygens (including phenoxy) is 1. The number of hydrogen-bond donors (Lipinski definition) is 2. The summed E-state index contributed by atoms with van der Waals surface area (Å²) in [4.78, 5) is 32.1. The number of rotatable bonds is 4. The Morgan fingerprint density at radius 3 is 2.77 bits per heavy atom. The van der Waals surface area contributed by atoms with Crippen LogP contribution in [0.15, 0.2) is 63.5 Å². The van der Waals surface area contributed by atoms with Crippen molar-refractivity contribution in [3.63, 3.8) is 0 Å². The van der Waals surface area contributed by atoms with Gasteiger partial charge in [-0.05, 0) is 38.1 Å². The molecule has 8 heteroatoms. The van der Waals surface area contributed by atoms with Crippen LogP contribution in [-0.2, 0) is 4.74 Å². The molecule has 4 rings (SSSR count). The number of aromatic nitrogens is 2. The van der Waals surface area contributed by atoms with E-state index in [1.807, 2.05) is 19.1 Å². The number of imidazole rings is 1. The molecule has 0 fully saturated rings. The van der Waals surface area contributed by atoms with Crippen LogP contribution in [0, 0.1) is 18.3 Å².